The Morgan fingerprint density at radius 2 is 2.10 bits per heavy atom. The second kappa shape index (κ2) is 6.29. The highest BCUT2D eigenvalue weighted by atomic mass is 16.5. The van der Waals surface area contributed by atoms with Gasteiger partial charge < -0.3 is 9.64 Å². The van der Waals surface area contributed by atoms with E-state index < -0.39 is 0 Å². The standard InChI is InChI=1S/C17H21NO3/c19-16-7-1-4-13(16)9-11-21-15-6-2-5-14(12-15)18-10-3-8-17(18)20/h2,5-6,12-13H,1,3-4,7-11H2. The normalized spacial score (nSPS) is 22.1. The van der Waals surface area contributed by atoms with Gasteiger partial charge in [0.05, 0.1) is 6.61 Å². The van der Waals surface area contributed by atoms with E-state index >= 15 is 0 Å². The average Bonchev–Trinajstić information content (AvgIpc) is 3.08. The molecule has 0 N–H and O–H groups in total. The van der Waals surface area contributed by atoms with E-state index in [0.717, 1.165) is 50.1 Å². The molecule has 1 atom stereocenters. The number of carbonyl (C=O) groups is 2. The molecule has 4 heteroatoms. The maximum atomic E-state index is 11.8. The molecule has 0 bridgehead atoms. The Morgan fingerprint density at radius 1 is 1.19 bits per heavy atom. The molecule has 1 saturated carbocycles. The predicted molar refractivity (Wildman–Crippen MR) is 80.5 cm³/mol. The molecule has 1 aromatic rings. The number of nitrogens with zero attached hydrogens (tertiary/aromatic N) is 1. The largest absolute Gasteiger partial charge is 0.493 e. The van der Waals surface area contributed by atoms with Gasteiger partial charge in [0.25, 0.3) is 0 Å². The Morgan fingerprint density at radius 3 is 2.81 bits per heavy atom. The van der Waals surface area contributed by atoms with Crippen LogP contribution in [0.2, 0.25) is 0 Å². The molecule has 0 spiro atoms. The molecule has 1 amide bonds. The van der Waals surface area contributed by atoms with Gasteiger partial charge in [-0.3, -0.25) is 9.59 Å². The Kier molecular flexibility index (Phi) is 4.23. The van der Waals surface area contributed by atoms with Crippen molar-refractivity contribution in [3.8, 4) is 5.75 Å². The summed E-state index contributed by atoms with van der Waals surface area (Å²) < 4.78 is 5.76. The second-order valence-corrected chi connectivity index (χ2v) is 5.84. The molecule has 4 nitrogen and oxygen atoms in total. The molecular weight excluding hydrogens is 266 g/mol. The highest BCUT2D eigenvalue weighted by molar-refractivity contribution is 5.95. The third kappa shape index (κ3) is 3.26. The van der Waals surface area contributed by atoms with Crippen molar-refractivity contribution in [2.24, 2.45) is 5.92 Å². The summed E-state index contributed by atoms with van der Waals surface area (Å²) in [5.74, 6) is 1.53. The smallest absolute Gasteiger partial charge is 0.227 e. The molecule has 1 unspecified atom stereocenters. The molecule has 1 heterocycles. The Bertz CT molecular complexity index is 541. The summed E-state index contributed by atoms with van der Waals surface area (Å²) in [4.78, 5) is 25.2. The number of amides is 1. The third-order valence-electron chi connectivity index (χ3n) is 4.37. The van der Waals surface area contributed by atoms with Crippen LogP contribution in [0.1, 0.15) is 38.5 Å². The fourth-order valence-electron chi connectivity index (χ4n) is 3.17. The van der Waals surface area contributed by atoms with Gasteiger partial charge in [-0.2, -0.15) is 0 Å². The quantitative estimate of drug-likeness (QED) is 0.836. The monoisotopic (exact) mass is 287 g/mol. The maximum absolute atomic E-state index is 11.8. The van der Waals surface area contributed by atoms with Crippen molar-refractivity contribution in [3.05, 3.63) is 24.3 Å². The molecule has 1 aliphatic carbocycles. The van der Waals surface area contributed by atoms with Crippen LogP contribution in [0.5, 0.6) is 5.75 Å². The third-order valence-corrected chi connectivity index (χ3v) is 4.37. The lowest BCUT2D eigenvalue weighted by Crippen LogP contribution is -2.23. The van der Waals surface area contributed by atoms with E-state index in [2.05, 4.69) is 0 Å². The molecule has 1 aromatic carbocycles. The van der Waals surface area contributed by atoms with Gasteiger partial charge in [0.1, 0.15) is 11.5 Å². The number of carbonyl (C=O) groups excluding carboxylic acids is 2. The minimum Gasteiger partial charge on any atom is -0.493 e. The van der Waals surface area contributed by atoms with Gasteiger partial charge in [-0.1, -0.05) is 6.07 Å². The van der Waals surface area contributed by atoms with Gasteiger partial charge in [-0.15, -0.1) is 0 Å². The molecule has 0 aromatic heterocycles. The summed E-state index contributed by atoms with van der Waals surface area (Å²) in [6, 6.07) is 7.67. The zero-order valence-corrected chi connectivity index (χ0v) is 12.2. The first-order valence-corrected chi connectivity index (χ1v) is 7.80. The highest BCUT2D eigenvalue weighted by Crippen LogP contribution is 2.27. The number of ketones is 1. The lowest BCUT2D eigenvalue weighted by Gasteiger charge is -2.17. The van der Waals surface area contributed by atoms with Crippen molar-refractivity contribution in [2.45, 2.75) is 38.5 Å². The maximum Gasteiger partial charge on any atom is 0.227 e. The highest BCUT2D eigenvalue weighted by Gasteiger charge is 2.24. The van der Waals surface area contributed by atoms with Crippen LogP contribution in [0, 0.1) is 5.92 Å². The topological polar surface area (TPSA) is 46.6 Å². The zero-order valence-electron chi connectivity index (χ0n) is 12.2. The summed E-state index contributed by atoms with van der Waals surface area (Å²) in [6.07, 6.45) is 5.12. The first-order valence-electron chi connectivity index (χ1n) is 7.80. The lowest BCUT2D eigenvalue weighted by atomic mass is 10.0. The van der Waals surface area contributed by atoms with Crippen molar-refractivity contribution >= 4 is 17.4 Å². The molecule has 3 rings (SSSR count). The summed E-state index contributed by atoms with van der Waals surface area (Å²) in [5.41, 5.74) is 0.909. The van der Waals surface area contributed by atoms with E-state index in [1.54, 1.807) is 0 Å². The summed E-state index contributed by atoms with van der Waals surface area (Å²) in [6.45, 7) is 1.35. The molecule has 1 saturated heterocycles. The molecule has 0 radical (unpaired) electrons. The predicted octanol–water partition coefficient (Wildman–Crippen LogP) is 2.95. The van der Waals surface area contributed by atoms with E-state index in [4.69, 9.17) is 4.74 Å². The zero-order chi connectivity index (χ0) is 14.7. The number of rotatable bonds is 5. The van der Waals surface area contributed by atoms with Gasteiger partial charge in [0.2, 0.25) is 5.91 Å². The summed E-state index contributed by atoms with van der Waals surface area (Å²) in [7, 11) is 0. The minimum atomic E-state index is 0.184. The summed E-state index contributed by atoms with van der Waals surface area (Å²) in [5, 5.41) is 0. The van der Waals surface area contributed by atoms with Gasteiger partial charge >= 0.3 is 0 Å². The van der Waals surface area contributed by atoms with E-state index in [9.17, 15) is 9.59 Å². The number of Topliss-reactive ketones (excluding diaryl/α,β-unsaturated/α-hetero) is 1. The van der Waals surface area contributed by atoms with Gasteiger partial charge in [0.15, 0.2) is 0 Å². The van der Waals surface area contributed by atoms with E-state index in [-0.39, 0.29) is 11.8 Å². The Hall–Kier alpha value is -1.84. The van der Waals surface area contributed by atoms with Crippen LogP contribution in [0.25, 0.3) is 0 Å². The van der Waals surface area contributed by atoms with Gasteiger partial charge in [-0.25, -0.2) is 0 Å². The number of hydrogen-bond acceptors (Lipinski definition) is 3. The first-order chi connectivity index (χ1) is 10.2. The van der Waals surface area contributed by atoms with E-state index in [1.807, 2.05) is 29.2 Å². The van der Waals surface area contributed by atoms with E-state index in [0.29, 0.717) is 18.8 Å². The number of hydrogen-bond donors (Lipinski definition) is 0. The Balaban J connectivity index is 1.56. The van der Waals surface area contributed by atoms with Crippen LogP contribution in [-0.4, -0.2) is 24.8 Å². The second-order valence-electron chi connectivity index (χ2n) is 5.84. The van der Waals surface area contributed by atoms with Crippen molar-refractivity contribution in [1.82, 2.24) is 0 Å². The lowest BCUT2D eigenvalue weighted by molar-refractivity contribution is -0.121. The fourth-order valence-corrected chi connectivity index (χ4v) is 3.17. The fraction of sp³-hybridized carbons (Fsp3) is 0.529. The molecule has 21 heavy (non-hydrogen) atoms. The molecule has 2 fully saturated rings. The molecular formula is C17H21NO3. The number of ether oxygens (including phenoxy) is 1. The van der Waals surface area contributed by atoms with E-state index in [1.165, 1.54) is 0 Å². The average molecular weight is 287 g/mol. The van der Waals surface area contributed by atoms with Crippen LogP contribution >= 0.6 is 0 Å². The van der Waals surface area contributed by atoms with Crippen LogP contribution in [-0.2, 0) is 9.59 Å². The number of anilines is 1. The van der Waals surface area contributed by atoms with Crippen LogP contribution < -0.4 is 9.64 Å². The Labute approximate surface area is 125 Å². The molecule has 2 aliphatic rings. The van der Waals surface area contributed by atoms with Crippen molar-refractivity contribution in [1.29, 1.82) is 0 Å². The number of benzene rings is 1. The van der Waals surface area contributed by atoms with Crippen molar-refractivity contribution < 1.29 is 14.3 Å². The molecule has 112 valence electrons. The van der Waals surface area contributed by atoms with Gasteiger partial charge in [0, 0.05) is 37.1 Å². The van der Waals surface area contributed by atoms with Crippen LogP contribution in [0.4, 0.5) is 5.69 Å². The first kappa shape index (κ1) is 14.1. The summed E-state index contributed by atoms with van der Waals surface area (Å²) >= 11 is 0. The van der Waals surface area contributed by atoms with Crippen molar-refractivity contribution in [2.75, 3.05) is 18.1 Å². The minimum absolute atomic E-state index is 0.184. The van der Waals surface area contributed by atoms with Crippen molar-refractivity contribution in [3.63, 3.8) is 0 Å². The van der Waals surface area contributed by atoms with Crippen LogP contribution in [0.15, 0.2) is 24.3 Å². The van der Waals surface area contributed by atoms with Crippen LogP contribution in [0.3, 0.4) is 0 Å². The molecule has 1 aliphatic heterocycles. The SMILES string of the molecule is O=C1CCCC1CCOc1cccc(N2CCCC2=O)c1. The van der Waals surface area contributed by atoms with Gasteiger partial charge in [-0.05, 0) is 37.8 Å².